The first kappa shape index (κ1) is 22.4. The van der Waals surface area contributed by atoms with Gasteiger partial charge in [0.15, 0.2) is 5.69 Å². The number of benzene rings is 1. The van der Waals surface area contributed by atoms with E-state index < -0.39 is 5.91 Å². The molecule has 0 atom stereocenters. The zero-order valence-corrected chi connectivity index (χ0v) is 18.1. The van der Waals surface area contributed by atoms with Gasteiger partial charge in [0, 0.05) is 11.6 Å². The van der Waals surface area contributed by atoms with Gasteiger partial charge < -0.3 is 5.73 Å². The lowest BCUT2D eigenvalue weighted by atomic mass is 10.2. The van der Waals surface area contributed by atoms with Crippen LogP contribution in [0.15, 0.2) is 34.0 Å². The highest BCUT2D eigenvalue weighted by atomic mass is 35.5. The van der Waals surface area contributed by atoms with Crippen LogP contribution in [0.4, 0.5) is 5.82 Å². The van der Waals surface area contributed by atoms with Crippen molar-refractivity contribution in [2.24, 2.45) is 5.10 Å². The van der Waals surface area contributed by atoms with Crippen molar-refractivity contribution >= 4 is 29.5 Å². The maximum Gasteiger partial charge on any atom is 0.293 e. The minimum Gasteiger partial charge on any atom is -0.378 e. The second-order valence-corrected chi connectivity index (χ2v) is 7.24. The Morgan fingerprint density at radius 1 is 1.32 bits per heavy atom. The number of nitrogens with zero attached hydrogens (tertiary/aromatic N) is 7. The van der Waals surface area contributed by atoms with Gasteiger partial charge in [-0.2, -0.15) is 9.78 Å². The highest BCUT2D eigenvalue weighted by molar-refractivity contribution is 6.30. The fourth-order valence-electron chi connectivity index (χ4n) is 3.05. The van der Waals surface area contributed by atoms with Gasteiger partial charge in [-0.3, -0.25) is 9.69 Å². The molecule has 31 heavy (non-hydrogen) atoms. The van der Waals surface area contributed by atoms with Crippen LogP contribution in [0.1, 0.15) is 48.4 Å². The van der Waals surface area contributed by atoms with E-state index in [1.807, 2.05) is 6.07 Å². The van der Waals surface area contributed by atoms with E-state index in [0.717, 1.165) is 31.5 Å². The Hall–Kier alpha value is -3.31. The molecule has 0 aliphatic heterocycles. The van der Waals surface area contributed by atoms with Gasteiger partial charge in [-0.15, -0.1) is 5.10 Å². The predicted molar refractivity (Wildman–Crippen MR) is 116 cm³/mol. The van der Waals surface area contributed by atoms with Gasteiger partial charge in [0.25, 0.3) is 5.91 Å². The van der Waals surface area contributed by atoms with Crippen LogP contribution >= 0.6 is 11.6 Å². The molecule has 3 aromatic rings. The first-order valence-electron chi connectivity index (χ1n) is 9.87. The third-order valence-corrected chi connectivity index (χ3v) is 4.59. The SMILES string of the molecule is CCCN(CCC)Cc1c(C(=O)N/N=C/c2cccc(Cl)c2)nnn1-c1nonc1N. The zero-order chi connectivity index (χ0) is 22.2. The largest absolute Gasteiger partial charge is 0.378 e. The molecular weight excluding hydrogens is 422 g/mol. The lowest BCUT2D eigenvalue weighted by Crippen LogP contribution is -2.28. The van der Waals surface area contributed by atoms with Crippen molar-refractivity contribution in [1.29, 1.82) is 0 Å². The molecule has 1 aromatic carbocycles. The molecule has 3 rings (SSSR count). The highest BCUT2D eigenvalue weighted by Gasteiger charge is 2.25. The summed E-state index contributed by atoms with van der Waals surface area (Å²) in [4.78, 5) is 15.0. The van der Waals surface area contributed by atoms with Crippen LogP contribution < -0.4 is 11.2 Å². The number of aromatic nitrogens is 5. The maximum atomic E-state index is 12.8. The summed E-state index contributed by atoms with van der Waals surface area (Å²) in [6, 6.07) is 7.09. The number of hydrogen-bond acceptors (Lipinski definition) is 9. The number of carbonyl (C=O) groups is 1. The molecule has 12 heteroatoms. The Morgan fingerprint density at radius 3 is 2.74 bits per heavy atom. The van der Waals surface area contributed by atoms with E-state index >= 15 is 0 Å². The Morgan fingerprint density at radius 2 is 2.10 bits per heavy atom. The van der Waals surface area contributed by atoms with Crippen molar-refractivity contribution < 1.29 is 9.42 Å². The molecular formula is C19H24ClN9O2. The van der Waals surface area contributed by atoms with E-state index in [4.69, 9.17) is 17.3 Å². The molecule has 11 nitrogen and oxygen atoms in total. The second kappa shape index (κ2) is 10.6. The van der Waals surface area contributed by atoms with Gasteiger partial charge in [0.1, 0.15) is 0 Å². The number of rotatable bonds is 10. The molecule has 0 radical (unpaired) electrons. The minimum atomic E-state index is -0.512. The summed E-state index contributed by atoms with van der Waals surface area (Å²) in [5.74, 6) is -0.283. The van der Waals surface area contributed by atoms with Gasteiger partial charge in [0.05, 0.1) is 11.9 Å². The lowest BCUT2D eigenvalue weighted by molar-refractivity contribution is 0.0947. The number of nitrogen functional groups attached to an aromatic ring is 1. The van der Waals surface area contributed by atoms with Crippen molar-refractivity contribution in [2.45, 2.75) is 33.2 Å². The van der Waals surface area contributed by atoms with E-state index in [1.165, 1.54) is 10.9 Å². The van der Waals surface area contributed by atoms with E-state index in [9.17, 15) is 4.79 Å². The first-order valence-corrected chi connectivity index (χ1v) is 10.3. The average molecular weight is 446 g/mol. The number of hydrazone groups is 1. The molecule has 2 heterocycles. The summed E-state index contributed by atoms with van der Waals surface area (Å²) in [7, 11) is 0. The number of halogens is 1. The topological polar surface area (TPSA) is 140 Å². The highest BCUT2D eigenvalue weighted by Crippen LogP contribution is 2.18. The monoisotopic (exact) mass is 445 g/mol. The normalized spacial score (nSPS) is 11.5. The summed E-state index contributed by atoms with van der Waals surface area (Å²) < 4.78 is 6.06. The average Bonchev–Trinajstić information content (AvgIpc) is 3.34. The number of nitrogens with two attached hydrogens (primary N) is 1. The standard InChI is InChI=1S/C19H24ClN9O2/c1-3-8-28(9-4-2)12-15-16(23-27-29(15)18-17(21)25-31-26-18)19(30)24-22-11-13-6-5-7-14(20)10-13/h5-7,10-11H,3-4,8-9,12H2,1-2H3,(H2,21,25)(H,24,30)/b22-11+. The summed E-state index contributed by atoms with van der Waals surface area (Å²) in [5.41, 5.74) is 9.68. The smallest absolute Gasteiger partial charge is 0.293 e. The van der Waals surface area contributed by atoms with Crippen LogP contribution in [0.3, 0.4) is 0 Å². The molecule has 0 saturated heterocycles. The molecule has 0 aliphatic carbocycles. The lowest BCUT2D eigenvalue weighted by Gasteiger charge is -2.21. The predicted octanol–water partition coefficient (Wildman–Crippen LogP) is 2.27. The molecule has 0 spiro atoms. The summed E-state index contributed by atoms with van der Waals surface area (Å²) in [6.45, 7) is 6.30. The van der Waals surface area contributed by atoms with E-state index in [0.29, 0.717) is 17.3 Å². The van der Waals surface area contributed by atoms with Gasteiger partial charge in [-0.25, -0.2) is 10.1 Å². The van der Waals surface area contributed by atoms with Crippen LogP contribution in [0, 0.1) is 0 Å². The molecule has 2 aromatic heterocycles. The molecule has 0 aliphatic rings. The Bertz CT molecular complexity index is 1040. The van der Waals surface area contributed by atoms with Crippen LogP contribution in [-0.4, -0.2) is 55.4 Å². The fourth-order valence-corrected chi connectivity index (χ4v) is 3.25. The molecule has 0 saturated carbocycles. The summed E-state index contributed by atoms with van der Waals surface area (Å²) >= 11 is 5.96. The fraction of sp³-hybridized carbons (Fsp3) is 0.368. The van der Waals surface area contributed by atoms with Crippen molar-refractivity contribution in [3.05, 3.63) is 46.2 Å². The molecule has 164 valence electrons. The number of hydrogen-bond donors (Lipinski definition) is 2. The van der Waals surface area contributed by atoms with Crippen LogP contribution in [0.5, 0.6) is 0 Å². The molecule has 3 N–H and O–H groups in total. The third kappa shape index (κ3) is 5.64. The van der Waals surface area contributed by atoms with Crippen LogP contribution in [0.2, 0.25) is 5.02 Å². The van der Waals surface area contributed by atoms with Gasteiger partial charge in [0.2, 0.25) is 11.6 Å². The summed E-state index contributed by atoms with van der Waals surface area (Å²) in [5, 5.41) is 20.0. The third-order valence-electron chi connectivity index (χ3n) is 4.36. The number of nitrogens with one attached hydrogen (secondary N) is 1. The number of amides is 1. The first-order chi connectivity index (χ1) is 15.0. The second-order valence-electron chi connectivity index (χ2n) is 6.80. The van der Waals surface area contributed by atoms with Crippen molar-refractivity contribution in [3.8, 4) is 5.82 Å². The minimum absolute atomic E-state index is 0.0506. The van der Waals surface area contributed by atoms with E-state index in [-0.39, 0.29) is 17.3 Å². The van der Waals surface area contributed by atoms with Gasteiger partial charge in [-0.1, -0.05) is 42.8 Å². The van der Waals surface area contributed by atoms with E-state index in [2.05, 4.69) is 54.5 Å². The van der Waals surface area contributed by atoms with Crippen LogP contribution in [-0.2, 0) is 6.54 Å². The molecule has 0 bridgehead atoms. The Kier molecular flexibility index (Phi) is 7.68. The number of carbonyl (C=O) groups excluding carboxylic acids is 1. The quantitative estimate of drug-likeness (QED) is 0.357. The van der Waals surface area contributed by atoms with Crippen molar-refractivity contribution in [1.82, 2.24) is 35.6 Å². The van der Waals surface area contributed by atoms with E-state index in [1.54, 1.807) is 18.2 Å². The maximum absolute atomic E-state index is 12.8. The van der Waals surface area contributed by atoms with Crippen molar-refractivity contribution in [2.75, 3.05) is 18.8 Å². The number of anilines is 1. The molecule has 0 unspecified atom stereocenters. The van der Waals surface area contributed by atoms with Gasteiger partial charge >= 0.3 is 0 Å². The van der Waals surface area contributed by atoms with Crippen molar-refractivity contribution in [3.63, 3.8) is 0 Å². The molecule has 1 amide bonds. The molecule has 0 fully saturated rings. The summed E-state index contributed by atoms with van der Waals surface area (Å²) in [6.07, 6.45) is 3.41. The zero-order valence-electron chi connectivity index (χ0n) is 17.3. The van der Waals surface area contributed by atoms with Gasteiger partial charge in [-0.05, 0) is 53.9 Å². The Labute approximate surface area is 184 Å². The Balaban J connectivity index is 1.87. The van der Waals surface area contributed by atoms with Crippen LogP contribution in [0.25, 0.3) is 5.82 Å².